The van der Waals surface area contributed by atoms with E-state index in [1.807, 2.05) is 24.3 Å². The number of aliphatic hydroxyl groups excluding tert-OH is 1. The fraction of sp³-hybridized carbons (Fsp3) is 0.250. The Bertz CT molecular complexity index is 1200. The number of thiol groups is 1. The van der Waals surface area contributed by atoms with Crippen LogP contribution in [-0.2, 0) is 14.3 Å². The summed E-state index contributed by atoms with van der Waals surface area (Å²) in [6.45, 7) is 0.0369. The number of carbonyl (C=O) groups is 2. The third-order valence-electron chi connectivity index (χ3n) is 5.23. The molecule has 10 heteroatoms. The molecule has 9 nitrogen and oxygen atoms in total. The van der Waals surface area contributed by atoms with E-state index < -0.39 is 24.3 Å². The Morgan fingerprint density at radius 1 is 0.947 bits per heavy atom. The molecule has 3 aromatic carbocycles. The monoisotopic (exact) mass is 536 g/mol. The molecule has 0 unspecified atom stereocenters. The molecule has 3 aromatic rings. The molecule has 0 aliphatic carbocycles. The van der Waals surface area contributed by atoms with E-state index in [1.165, 1.54) is 0 Å². The molecule has 2 atom stereocenters. The second-order valence-corrected chi connectivity index (χ2v) is 8.23. The first-order valence-electron chi connectivity index (χ1n) is 11.8. The molecule has 0 aliphatic rings. The summed E-state index contributed by atoms with van der Waals surface area (Å²) < 4.78 is 22.7. The lowest BCUT2D eigenvalue weighted by molar-refractivity contribution is -0.141. The average molecular weight is 537 g/mol. The van der Waals surface area contributed by atoms with Crippen molar-refractivity contribution in [1.82, 2.24) is 0 Å². The fourth-order valence-electron chi connectivity index (χ4n) is 3.45. The van der Waals surface area contributed by atoms with Crippen LogP contribution in [0.15, 0.2) is 78.9 Å². The number of nitrogens with zero attached hydrogens (tertiary/aromatic N) is 1. The van der Waals surface area contributed by atoms with Gasteiger partial charge in [-0.1, -0.05) is 30.3 Å². The summed E-state index contributed by atoms with van der Waals surface area (Å²) in [5.74, 6) is 0.536. The quantitative estimate of drug-likeness (QED) is 0.215. The molecule has 198 valence electrons. The predicted octanol–water partition coefficient (Wildman–Crippen LogP) is 4.53. The van der Waals surface area contributed by atoms with Gasteiger partial charge in [0.25, 0.3) is 0 Å². The van der Waals surface area contributed by atoms with Crippen LogP contribution in [0.2, 0.25) is 0 Å². The predicted molar refractivity (Wildman–Crippen MR) is 143 cm³/mol. The molecule has 2 N–H and O–H groups in total. The van der Waals surface area contributed by atoms with Crippen LogP contribution < -0.4 is 14.8 Å². The van der Waals surface area contributed by atoms with E-state index in [1.54, 1.807) is 60.7 Å². The molecule has 0 radical (unpaired) electrons. The van der Waals surface area contributed by atoms with Crippen molar-refractivity contribution in [2.24, 2.45) is 0 Å². The van der Waals surface area contributed by atoms with Crippen molar-refractivity contribution < 1.29 is 33.6 Å². The average Bonchev–Trinajstić information content (AvgIpc) is 2.95. The number of anilines is 1. The van der Waals surface area contributed by atoms with E-state index in [2.05, 4.69) is 17.9 Å². The highest BCUT2D eigenvalue weighted by atomic mass is 32.1. The van der Waals surface area contributed by atoms with Gasteiger partial charge in [-0.15, -0.1) is 0 Å². The van der Waals surface area contributed by atoms with Gasteiger partial charge in [0.15, 0.2) is 6.10 Å². The van der Waals surface area contributed by atoms with Crippen LogP contribution in [0, 0.1) is 11.3 Å². The number of para-hydroxylation sites is 1. The van der Waals surface area contributed by atoms with Gasteiger partial charge in [-0.2, -0.15) is 17.9 Å². The lowest BCUT2D eigenvalue weighted by Gasteiger charge is -2.28. The van der Waals surface area contributed by atoms with E-state index in [0.29, 0.717) is 28.3 Å². The van der Waals surface area contributed by atoms with Crippen molar-refractivity contribution in [1.29, 1.82) is 5.26 Å². The van der Waals surface area contributed by atoms with Gasteiger partial charge in [0.05, 0.1) is 30.6 Å². The molecule has 0 aliphatic heterocycles. The van der Waals surface area contributed by atoms with E-state index in [4.69, 9.17) is 29.3 Å². The van der Waals surface area contributed by atoms with Gasteiger partial charge in [0, 0.05) is 12.1 Å². The van der Waals surface area contributed by atoms with Gasteiger partial charge in [-0.25, -0.2) is 4.79 Å². The van der Waals surface area contributed by atoms with Gasteiger partial charge in [-0.05, 0) is 54.1 Å². The molecular weight excluding hydrogens is 508 g/mol. The first-order valence-corrected chi connectivity index (χ1v) is 12.4. The number of hydrogen-bond acceptors (Lipinski definition) is 9. The molecule has 0 spiro atoms. The minimum atomic E-state index is -0.907. The van der Waals surface area contributed by atoms with Crippen LogP contribution in [0.25, 0.3) is 0 Å². The molecule has 38 heavy (non-hydrogen) atoms. The maximum absolute atomic E-state index is 12.9. The topological polar surface area (TPSA) is 127 Å². The summed E-state index contributed by atoms with van der Waals surface area (Å²) >= 11 is 3.93. The second kappa shape index (κ2) is 15.1. The number of nitrogens with one attached hydrogen (secondary N) is 1. The molecular formula is C28H28N2O7S. The maximum atomic E-state index is 12.9. The van der Waals surface area contributed by atoms with Crippen molar-refractivity contribution in [3.05, 3.63) is 90.0 Å². The summed E-state index contributed by atoms with van der Waals surface area (Å²) in [5, 5.41) is 20.7. The highest BCUT2D eigenvalue weighted by molar-refractivity contribution is 7.81. The van der Waals surface area contributed by atoms with Gasteiger partial charge in [0.2, 0.25) is 0 Å². The number of nitriles is 1. The first kappa shape index (κ1) is 28.4. The third kappa shape index (κ3) is 9.03. The van der Waals surface area contributed by atoms with Crippen molar-refractivity contribution >= 4 is 30.4 Å². The summed E-state index contributed by atoms with van der Waals surface area (Å²) in [6.07, 6.45) is -2.17. The third-order valence-corrected chi connectivity index (χ3v) is 5.48. The smallest absolute Gasteiger partial charge is 0.412 e. The van der Waals surface area contributed by atoms with E-state index >= 15 is 0 Å². The second-order valence-electron chi connectivity index (χ2n) is 7.92. The van der Waals surface area contributed by atoms with Crippen LogP contribution in [-0.4, -0.2) is 48.8 Å². The van der Waals surface area contributed by atoms with Crippen LogP contribution in [0.4, 0.5) is 10.5 Å². The number of ether oxygens (including phenoxy) is 4. The number of carbonyl (C=O) groups excluding carboxylic acids is 2. The minimum absolute atomic E-state index is 0.0195. The molecule has 1 amide bonds. The number of hydrogen-bond donors (Lipinski definition) is 3. The Labute approximate surface area is 226 Å². The largest absolute Gasteiger partial charge is 0.491 e. The SMILES string of the molecule is N#Cc1ccc(NC(=O)O[C@H](c2ccc(OCCO)cc2)[C@@H](CCOC(=O)CS)Oc2ccccc2)cc1. The molecule has 0 saturated carbocycles. The Kier molecular flexibility index (Phi) is 11.3. The summed E-state index contributed by atoms with van der Waals surface area (Å²) in [5.41, 5.74) is 1.51. The fourth-order valence-corrected chi connectivity index (χ4v) is 3.54. The highest BCUT2D eigenvalue weighted by Gasteiger charge is 2.30. The molecule has 0 bridgehead atoms. The molecule has 0 saturated heterocycles. The lowest BCUT2D eigenvalue weighted by atomic mass is 10.0. The van der Waals surface area contributed by atoms with E-state index in [0.717, 1.165) is 0 Å². The standard InChI is InChI=1S/C28H28N2O7S/c29-18-20-6-10-22(11-7-20)30-28(33)37-27(21-8-12-23(13-9-21)34-17-15-31)25(14-16-35-26(32)19-38)36-24-4-2-1-3-5-24/h1-13,25,27,31,38H,14-17,19H2,(H,30,33)/t25-,27-/m1/s1. The van der Waals surface area contributed by atoms with Crippen LogP contribution in [0.3, 0.4) is 0 Å². The van der Waals surface area contributed by atoms with Crippen LogP contribution in [0.5, 0.6) is 11.5 Å². The molecule has 0 fully saturated rings. The summed E-state index contributed by atoms with van der Waals surface area (Å²) in [7, 11) is 0. The number of amides is 1. The molecule has 0 aromatic heterocycles. The van der Waals surface area contributed by atoms with Gasteiger partial charge in [-0.3, -0.25) is 10.1 Å². The van der Waals surface area contributed by atoms with Crippen molar-refractivity contribution in [3.8, 4) is 17.6 Å². The first-order chi connectivity index (χ1) is 18.5. The van der Waals surface area contributed by atoms with E-state index in [-0.39, 0.29) is 32.0 Å². The summed E-state index contributed by atoms with van der Waals surface area (Å²) in [6, 6.07) is 24.2. The van der Waals surface area contributed by atoms with Gasteiger partial charge >= 0.3 is 12.1 Å². The Hall–Kier alpha value is -4.20. The van der Waals surface area contributed by atoms with Crippen molar-refractivity contribution in [3.63, 3.8) is 0 Å². The normalized spacial score (nSPS) is 11.9. The van der Waals surface area contributed by atoms with Gasteiger partial charge < -0.3 is 24.1 Å². The van der Waals surface area contributed by atoms with Crippen molar-refractivity contribution in [2.75, 3.05) is 30.9 Å². The number of aliphatic hydroxyl groups is 1. The van der Waals surface area contributed by atoms with Gasteiger partial charge in [0.1, 0.15) is 24.2 Å². The van der Waals surface area contributed by atoms with Crippen LogP contribution in [0.1, 0.15) is 23.7 Å². The minimum Gasteiger partial charge on any atom is -0.491 e. The van der Waals surface area contributed by atoms with E-state index in [9.17, 15) is 9.59 Å². The zero-order valence-electron chi connectivity index (χ0n) is 20.5. The lowest BCUT2D eigenvalue weighted by Crippen LogP contribution is -2.32. The van der Waals surface area contributed by atoms with Crippen LogP contribution >= 0.6 is 12.6 Å². The number of benzene rings is 3. The highest BCUT2D eigenvalue weighted by Crippen LogP contribution is 2.30. The summed E-state index contributed by atoms with van der Waals surface area (Å²) in [4.78, 5) is 24.6. The number of rotatable bonds is 13. The van der Waals surface area contributed by atoms with Crippen molar-refractivity contribution in [2.45, 2.75) is 18.6 Å². The number of esters is 1. The molecule has 3 rings (SSSR count). The maximum Gasteiger partial charge on any atom is 0.412 e. The Morgan fingerprint density at radius 3 is 2.29 bits per heavy atom. The zero-order chi connectivity index (χ0) is 27.2. The Balaban J connectivity index is 1.86. The molecule has 0 heterocycles. The zero-order valence-corrected chi connectivity index (χ0v) is 21.4. The Morgan fingerprint density at radius 2 is 1.66 bits per heavy atom.